The predicted octanol–water partition coefficient (Wildman–Crippen LogP) is 4.74. The van der Waals surface area contributed by atoms with Crippen molar-refractivity contribution >= 4 is 28.1 Å². The zero-order valence-corrected chi connectivity index (χ0v) is 13.5. The summed E-state index contributed by atoms with van der Waals surface area (Å²) in [5.41, 5.74) is 8.67. The molecule has 3 aromatic rings. The second kappa shape index (κ2) is 6.65. The average Bonchev–Trinajstić information content (AvgIpc) is 2.91. The molecule has 124 valence electrons. The zero-order chi connectivity index (χ0) is 17.3. The first-order valence-corrected chi connectivity index (χ1v) is 7.83. The lowest BCUT2D eigenvalue weighted by Crippen LogP contribution is -2.08. The number of hydrogen-bond acceptors (Lipinski definition) is 1. The number of benzene rings is 2. The van der Waals surface area contributed by atoms with Crippen LogP contribution in [-0.4, -0.2) is 16.0 Å². The maximum absolute atomic E-state index is 13.6. The zero-order valence-electron chi connectivity index (χ0n) is 12.7. The van der Waals surface area contributed by atoms with E-state index in [1.807, 2.05) is 24.3 Å². The number of rotatable bonds is 5. The van der Waals surface area contributed by atoms with Gasteiger partial charge in [0.25, 0.3) is 0 Å². The van der Waals surface area contributed by atoms with E-state index in [-0.39, 0.29) is 18.0 Å². The summed E-state index contributed by atoms with van der Waals surface area (Å²) in [6.45, 7) is 0.118. The molecular formula is C18H15F3N2S. The van der Waals surface area contributed by atoms with Gasteiger partial charge in [0.05, 0.1) is 5.52 Å². The summed E-state index contributed by atoms with van der Waals surface area (Å²) in [6.07, 6.45) is -0.921. The summed E-state index contributed by atoms with van der Waals surface area (Å²) in [7, 11) is 0. The quantitative estimate of drug-likeness (QED) is 0.676. The molecule has 0 spiro atoms. The van der Waals surface area contributed by atoms with Gasteiger partial charge in [0.2, 0.25) is 6.43 Å². The first-order chi connectivity index (χ1) is 11.5. The Hall–Kier alpha value is -2.34. The van der Waals surface area contributed by atoms with E-state index in [2.05, 4.69) is 0 Å². The number of halogens is 3. The van der Waals surface area contributed by atoms with E-state index in [0.717, 1.165) is 22.1 Å². The maximum atomic E-state index is 13.6. The van der Waals surface area contributed by atoms with E-state index in [4.69, 9.17) is 18.0 Å². The Balaban J connectivity index is 2.14. The van der Waals surface area contributed by atoms with Crippen LogP contribution in [0, 0.1) is 5.82 Å². The van der Waals surface area contributed by atoms with Crippen LogP contribution in [0.15, 0.2) is 48.7 Å². The molecule has 0 aliphatic heterocycles. The van der Waals surface area contributed by atoms with Crippen molar-refractivity contribution in [2.24, 2.45) is 5.73 Å². The SMILES string of the molecule is NC(=S)c1cccc(-c2cn(CCC(F)F)c3cc(F)ccc23)c1. The highest BCUT2D eigenvalue weighted by Crippen LogP contribution is 2.32. The monoisotopic (exact) mass is 348 g/mol. The molecule has 1 aromatic heterocycles. The Morgan fingerprint density at radius 3 is 2.67 bits per heavy atom. The lowest BCUT2D eigenvalue weighted by Gasteiger charge is -2.04. The summed E-state index contributed by atoms with van der Waals surface area (Å²) < 4.78 is 40.4. The third-order valence-electron chi connectivity index (χ3n) is 3.89. The van der Waals surface area contributed by atoms with E-state index in [1.165, 1.54) is 12.1 Å². The molecule has 6 heteroatoms. The van der Waals surface area contributed by atoms with E-state index in [1.54, 1.807) is 16.8 Å². The fourth-order valence-corrected chi connectivity index (χ4v) is 2.88. The number of nitrogens with two attached hydrogens (primary N) is 1. The lowest BCUT2D eigenvalue weighted by molar-refractivity contribution is 0.132. The van der Waals surface area contributed by atoms with Crippen LogP contribution in [0.1, 0.15) is 12.0 Å². The molecule has 2 nitrogen and oxygen atoms in total. The summed E-state index contributed by atoms with van der Waals surface area (Å²) in [4.78, 5) is 0.282. The van der Waals surface area contributed by atoms with Crippen molar-refractivity contribution in [1.29, 1.82) is 0 Å². The molecule has 24 heavy (non-hydrogen) atoms. The van der Waals surface area contributed by atoms with Crippen LogP contribution >= 0.6 is 12.2 Å². The molecule has 0 atom stereocenters. The van der Waals surface area contributed by atoms with Crippen LogP contribution < -0.4 is 5.73 Å². The molecule has 0 aliphatic carbocycles. The Morgan fingerprint density at radius 2 is 1.96 bits per heavy atom. The molecule has 2 aromatic carbocycles. The van der Waals surface area contributed by atoms with Gasteiger partial charge in [0, 0.05) is 35.7 Å². The molecule has 0 fully saturated rings. The summed E-state index contributed by atoms with van der Waals surface area (Å²) in [6, 6.07) is 11.8. The third kappa shape index (κ3) is 3.28. The molecule has 1 heterocycles. The topological polar surface area (TPSA) is 30.9 Å². The first kappa shape index (κ1) is 16.5. The second-order valence-corrected chi connectivity index (χ2v) is 5.96. The Morgan fingerprint density at radius 1 is 1.17 bits per heavy atom. The summed E-state index contributed by atoms with van der Waals surface area (Å²) in [5.74, 6) is -0.401. The Labute approximate surface area is 142 Å². The molecule has 0 aliphatic rings. The normalized spacial score (nSPS) is 11.3. The van der Waals surface area contributed by atoms with Gasteiger partial charge in [-0.1, -0.05) is 30.4 Å². The highest BCUT2D eigenvalue weighted by Gasteiger charge is 2.13. The molecule has 0 saturated carbocycles. The molecule has 3 rings (SSSR count). The van der Waals surface area contributed by atoms with Gasteiger partial charge in [-0.2, -0.15) is 0 Å². The highest BCUT2D eigenvalue weighted by atomic mass is 32.1. The van der Waals surface area contributed by atoms with E-state index in [9.17, 15) is 13.2 Å². The summed E-state index contributed by atoms with van der Waals surface area (Å²) in [5, 5.41) is 0.797. The maximum Gasteiger partial charge on any atom is 0.240 e. The molecule has 2 N–H and O–H groups in total. The minimum absolute atomic E-state index is 0.118. The molecular weight excluding hydrogens is 333 g/mol. The van der Waals surface area contributed by atoms with Gasteiger partial charge < -0.3 is 10.3 Å². The van der Waals surface area contributed by atoms with Crippen LogP contribution in [0.25, 0.3) is 22.0 Å². The van der Waals surface area contributed by atoms with Gasteiger partial charge in [-0.3, -0.25) is 0 Å². The van der Waals surface area contributed by atoms with E-state index in [0.29, 0.717) is 5.52 Å². The minimum atomic E-state index is -2.41. The molecule has 0 saturated heterocycles. The first-order valence-electron chi connectivity index (χ1n) is 7.42. The fraction of sp³-hybridized carbons (Fsp3) is 0.167. The number of thiocarbonyl (C=S) groups is 1. The van der Waals surface area contributed by atoms with Crippen molar-refractivity contribution in [3.63, 3.8) is 0 Å². The minimum Gasteiger partial charge on any atom is -0.389 e. The standard InChI is InChI=1S/C18H15F3N2S/c19-13-4-5-14-15(11-2-1-3-12(8-11)18(22)24)10-23(16(14)9-13)7-6-17(20)21/h1-5,8-10,17H,6-7H2,(H2,22,24). The van der Waals surface area contributed by atoms with Crippen LogP contribution in [-0.2, 0) is 6.54 Å². The van der Waals surface area contributed by atoms with Gasteiger partial charge in [-0.05, 0) is 29.8 Å². The molecule has 0 unspecified atom stereocenters. The van der Waals surface area contributed by atoms with Crippen molar-refractivity contribution in [1.82, 2.24) is 4.57 Å². The lowest BCUT2D eigenvalue weighted by atomic mass is 10.0. The Bertz CT molecular complexity index is 902. The smallest absolute Gasteiger partial charge is 0.240 e. The molecule has 0 radical (unpaired) electrons. The number of hydrogen-bond donors (Lipinski definition) is 1. The van der Waals surface area contributed by atoms with Gasteiger partial charge in [-0.15, -0.1) is 0 Å². The van der Waals surface area contributed by atoms with Gasteiger partial charge in [0.15, 0.2) is 0 Å². The second-order valence-electron chi connectivity index (χ2n) is 5.52. The van der Waals surface area contributed by atoms with Crippen molar-refractivity contribution in [2.45, 2.75) is 19.4 Å². The molecule has 0 amide bonds. The fourth-order valence-electron chi connectivity index (χ4n) is 2.76. The number of aromatic nitrogens is 1. The third-order valence-corrected chi connectivity index (χ3v) is 4.13. The van der Waals surface area contributed by atoms with Crippen LogP contribution in [0.2, 0.25) is 0 Å². The van der Waals surface area contributed by atoms with Crippen molar-refractivity contribution < 1.29 is 13.2 Å². The van der Waals surface area contributed by atoms with Gasteiger partial charge in [0.1, 0.15) is 10.8 Å². The van der Waals surface area contributed by atoms with Crippen molar-refractivity contribution in [3.8, 4) is 11.1 Å². The molecule has 0 bridgehead atoms. The number of alkyl halides is 2. The largest absolute Gasteiger partial charge is 0.389 e. The van der Waals surface area contributed by atoms with Gasteiger partial charge >= 0.3 is 0 Å². The van der Waals surface area contributed by atoms with Crippen molar-refractivity contribution in [2.75, 3.05) is 0 Å². The number of nitrogens with zero attached hydrogens (tertiary/aromatic N) is 1. The number of aryl methyl sites for hydroxylation is 1. The van der Waals surface area contributed by atoms with E-state index >= 15 is 0 Å². The number of fused-ring (bicyclic) bond motifs is 1. The van der Waals surface area contributed by atoms with Crippen LogP contribution in [0.4, 0.5) is 13.2 Å². The van der Waals surface area contributed by atoms with E-state index < -0.39 is 12.2 Å². The van der Waals surface area contributed by atoms with Crippen LogP contribution in [0.5, 0.6) is 0 Å². The summed E-state index contributed by atoms with van der Waals surface area (Å²) >= 11 is 5.00. The van der Waals surface area contributed by atoms with Crippen LogP contribution in [0.3, 0.4) is 0 Å². The average molecular weight is 348 g/mol. The highest BCUT2D eigenvalue weighted by molar-refractivity contribution is 7.80. The van der Waals surface area contributed by atoms with Crippen molar-refractivity contribution in [3.05, 3.63) is 60.0 Å². The predicted molar refractivity (Wildman–Crippen MR) is 93.8 cm³/mol. The Kier molecular flexibility index (Phi) is 4.57. The van der Waals surface area contributed by atoms with Gasteiger partial charge in [-0.25, -0.2) is 13.2 Å².